The molecular formula is C19H18FNO3S. The molecule has 6 heteroatoms. The molecule has 0 amide bonds. The Hall–Kier alpha value is -2.62. The first kappa shape index (κ1) is 18.7. The smallest absolute Gasteiger partial charge is 0.234 e. The van der Waals surface area contributed by atoms with E-state index in [0.29, 0.717) is 0 Å². The number of hydrogen-bond acceptors (Lipinski definition) is 3. The van der Waals surface area contributed by atoms with Crippen molar-refractivity contribution in [2.45, 2.75) is 6.92 Å². The Balaban J connectivity index is 1.78. The van der Waals surface area contributed by atoms with Gasteiger partial charge < -0.3 is 4.74 Å². The molecule has 130 valence electrons. The molecule has 0 radical (unpaired) electrons. The molecule has 0 aliphatic rings. The molecule has 2 rings (SSSR count). The first-order valence-corrected chi connectivity index (χ1v) is 9.08. The first-order valence-electron chi connectivity index (χ1n) is 7.54. The van der Waals surface area contributed by atoms with E-state index in [4.69, 9.17) is 4.74 Å². The van der Waals surface area contributed by atoms with E-state index in [2.05, 4.69) is 16.6 Å². The van der Waals surface area contributed by atoms with E-state index < -0.39 is 15.8 Å². The number of para-hydroxylation sites is 1. The van der Waals surface area contributed by atoms with Crippen molar-refractivity contribution in [1.29, 1.82) is 0 Å². The summed E-state index contributed by atoms with van der Waals surface area (Å²) in [5.41, 5.74) is 1.89. The van der Waals surface area contributed by atoms with Gasteiger partial charge in [-0.1, -0.05) is 53.8 Å². The van der Waals surface area contributed by atoms with Gasteiger partial charge in [0.25, 0.3) is 0 Å². The molecule has 0 bridgehead atoms. The fraction of sp³-hybridized carbons (Fsp3) is 0.158. The van der Waals surface area contributed by atoms with Crippen molar-refractivity contribution in [3.8, 4) is 17.6 Å². The van der Waals surface area contributed by atoms with E-state index in [0.717, 1.165) is 16.5 Å². The van der Waals surface area contributed by atoms with Crippen molar-refractivity contribution in [3.63, 3.8) is 0 Å². The molecule has 25 heavy (non-hydrogen) atoms. The highest BCUT2D eigenvalue weighted by molar-refractivity contribution is 7.92. The highest BCUT2D eigenvalue weighted by Crippen LogP contribution is 2.14. The molecule has 2 aromatic carbocycles. The molecule has 0 saturated carbocycles. The Kier molecular flexibility index (Phi) is 6.75. The number of rotatable bonds is 6. The topological polar surface area (TPSA) is 55.4 Å². The Morgan fingerprint density at radius 2 is 1.84 bits per heavy atom. The van der Waals surface area contributed by atoms with Crippen LogP contribution in [0.15, 0.2) is 53.9 Å². The van der Waals surface area contributed by atoms with Gasteiger partial charge in [-0.3, -0.25) is 0 Å². The molecule has 1 N–H and O–H groups in total. The number of aryl methyl sites for hydroxylation is 1. The van der Waals surface area contributed by atoms with E-state index in [-0.39, 0.29) is 18.9 Å². The number of ether oxygens (including phenoxy) is 1. The lowest BCUT2D eigenvalue weighted by atomic mass is 10.2. The summed E-state index contributed by atoms with van der Waals surface area (Å²) in [5.74, 6) is 4.88. The zero-order valence-corrected chi connectivity index (χ0v) is 14.5. The number of nitrogens with one attached hydrogen (secondary N) is 1. The van der Waals surface area contributed by atoms with Gasteiger partial charge in [0.2, 0.25) is 10.0 Å². The molecule has 0 saturated heterocycles. The Morgan fingerprint density at radius 3 is 2.56 bits per heavy atom. The van der Waals surface area contributed by atoms with Crippen LogP contribution in [0.5, 0.6) is 5.75 Å². The van der Waals surface area contributed by atoms with E-state index >= 15 is 0 Å². The van der Waals surface area contributed by atoms with Crippen molar-refractivity contribution < 1.29 is 17.5 Å². The number of sulfonamides is 1. The molecule has 0 spiro atoms. The zero-order valence-electron chi connectivity index (χ0n) is 13.7. The monoisotopic (exact) mass is 359 g/mol. The third-order valence-electron chi connectivity index (χ3n) is 3.14. The third-order valence-corrected chi connectivity index (χ3v) is 4.18. The van der Waals surface area contributed by atoms with Crippen LogP contribution >= 0.6 is 0 Å². The molecular weight excluding hydrogens is 341 g/mol. The average molecular weight is 359 g/mol. The van der Waals surface area contributed by atoms with E-state index in [9.17, 15) is 12.8 Å². The Labute approximate surface area is 147 Å². The summed E-state index contributed by atoms with van der Waals surface area (Å²) in [4.78, 5) is 0. The van der Waals surface area contributed by atoms with Gasteiger partial charge >= 0.3 is 0 Å². The van der Waals surface area contributed by atoms with Crippen LogP contribution in [0, 0.1) is 24.6 Å². The van der Waals surface area contributed by atoms with E-state index in [1.807, 2.05) is 31.2 Å². The molecule has 0 aliphatic carbocycles. The Bertz CT molecular complexity index is 894. The van der Waals surface area contributed by atoms with E-state index in [1.54, 1.807) is 12.1 Å². The van der Waals surface area contributed by atoms with Gasteiger partial charge in [-0.2, -0.15) is 4.72 Å². The SMILES string of the molecule is Cc1ccc(/C=C/S(=O)(=O)NCC#CCOc2ccccc2F)cc1. The van der Waals surface area contributed by atoms with E-state index in [1.165, 1.54) is 18.2 Å². The largest absolute Gasteiger partial charge is 0.478 e. The maximum absolute atomic E-state index is 13.3. The van der Waals surface area contributed by atoms with Gasteiger partial charge in [0.15, 0.2) is 11.6 Å². The molecule has 0 fully saturated rings. The van der Waals surface area contributed by atoms with Crippen molar-refractivity contribution >= 4 is 16.1 Å². The van der Waals surface area contributed by atoms with Crippen molar-refractivity contribution in [1.82, 2.24) is 4.72 Å². The van der Waals surface area contributed by atoms with Gasteiger partial charge in [-0.25, -0.2) is 12.8 Å². The van der Waals surface area contributed by atoms with Crippen LogP contribution in [-0.2, 0) is 10.0 Å². The molecule has 4 nitrogen and oxygen atoms in total. The second-order valence-corrected chi connectivity index (χ2v) is 6.80. The molecule has 0 aromatic heterocycles. The predicted octanol–water partition coefficient (Wildman–Crippen LogP) is 3.11. The predicted molar refractivity (Wildman–Crippen MR) is 96.8 cm³/mol. The number of hydrogen-bond donors (Lipinski definition) is 1. The minimum atomic E-state index is -3.57. The summed E-state index contributed by atoms with van der Waals surface area (Å²) >= 11 is 0. The van der Waals surface area contributed by atoms with Crippen LogP contribution in [0.25, 0.3) is 6.08 Å². The maximum atomic E-state index is 13.3. The highest BCUT2D eigenvalue weighted by Gasteiger charge is 2.02. The molecule has 2 aromatic rings. The third kappa shape index (κ3) is 6.79. The van der Waals surface area contributed by atoms with Crippen LogP contribution in [0.1, 0.15) is 11.1 Å². The summed E-state index contributed by atoms with van der Waals surface area (Å²) in [5, 5.41) is 1.09. The number of benzene rings is 2. The maximum Gasteiger partial charge on any atom is 0.234 e. The average Bonchev–Trinajstić information content (AvgIpc) is 2.59. The van der Waals surface area contributed by atoms with Crippen LogP contribution in [0.2, 0.25) is 0 Å². The minimum absolute atomic E-state index is 0.0259. The van der Waals surface area contributed by atoms with Gasteiger partial charge in [0.1, 0.15) is 6.61 Å². The van der Waals surface area contributed by atoms with Crippen LogP contribution in [0.3, 0.4) is 0 Å². The summed E-state index contributed by atoms with van der Waals surface area (Å²) in [6.45, 7) is 1.88. The molecule has 0 unspecified atom stereocenters. The summed E-state index contributed by atoms with van der Waals surface area (Å²) in [6.07, 6.45) is 1.51. The lowest BCUT2D eigenvalue weighted by molar-refractivity contribution is 0.348. The normalized spacial score (nSPS) is 11.1. The lowest BCUT2D eigenvalue weighted by Crippen LogP contribution is -2.21. The van der Waals surface area contributed by atoms with Crippen molar-refractivity contribution in [2.75, 3.05) is 13.2 Å². The van der Waals surface area contributed by atoms with Crippen molar-refractivity contribution in [3.05, 3.63) is 70.9 Å². The standard InChI is InChI=1S/C19H18FNO3S/c1-16-8-10-17(11-9-16)12-15-25(22,23)21-13-4-5-14-24-19-7-3-2-6-18(19)20/h2-3,6-12,15,21H,13-14H2,1H3/b15-12+. The van der Waals surface area contributed by atoms with Gasteiger partial charge in [-0.15, -0.1) is 0 Å². The summed E-state index contributed by atoms with van der Waals surface area (Å²) < 4.78 is 44.4. The van der Waals surface area contributed by atoms with Gasteiger partial charge in [0.05, 0.1) is 6.54 Å². The van der Waals surface area contributed by atoms with Crippen LogP contribution in [0.4, 0.5) is 4.39 Å². The van der Waals surface area contributed by atoms with Crippen LogP contribution < -0.4 is 9.46 Å². The fourth-order valence-corrected chi connectivity index (χ4v) is 2.53. The summed E-state index contributed by atoms with van der Waals surface area (Å²) in [6, 6.07) is 13.5. The van der Waals surface area contributed by atoms with Crippen LogP contribution in [-0.4, -0.2) is 21.6 Å². The quantitative estimate of drug-likeness (QED) is 0.807. The molecule has 0 aliphatic heterocycles. The molecule has 0 heterocycles. The van der Waals surface area contributed by atoms with Gasteiger partial charge in [-0.05, 0) is 30.7 Å². The highest BCUT2D eigenvalue weighted by atomic mass is 32.2. The van der Waals surface area contributed by atoms with Gasteiger partial charge in [0, 0.05) is 5.41 Å². The summed E-state index contributed by atoms with van der Waals surface area (Å²) in [7, 11) is -3.57. The zero-order chi connectivity index (χ0) is 18.1. The minimum Gasteiger partial charge on any atom is -0.478 e. The van der Waals surface area contributed by atoms with Crippen molar-refractivity contribution in [2.24, 2.45) is 0 Å². The molecule has 0 atom stereocenters. The lowest BCUT2D eigenvalue weighted by Gasteiger charge is -2.02. The first-order chi connectivity index (χ1) is 12.0. The second-order valence-electron chi connectivity index (χ2n) is 5.15. The second kappa shape index (κ2) is 9.02. The Morgan fingerprint density at radius 1 is 1.12 bits per heavy atom. The fourth-order valence-electron chi connectivity index (χ4n) is 1.82. The number of halogens is 1.